The summed E-state index contributed by atoms with van der Waals surface area (Å²) in [5.41, 5.74) is 0.136. The quantitative estimate of drug-likeness (QED) is 0.184. The lowest BCUT2D eigenvalue weighted by atomic mass is 10.1. The van der Waals surface area contributed by atoms with Gasteiger partial charge in [-0.15, -0.1) is 24.0 Å². The third-order valence-electron chi connectivity index (χ3n) is 3.12. The molecule has 2 amide bonds. The van der Waals surface area contributed by atoms with Gasteiger partial charge in [0.2, 0.25) is 5.91 Å². The molecule has 0 aliphatic heterocycles. The molecule has 0 heterocycles. The van der Waals surface area contributed by atoms with Gasteiger partial charge in [-0.2, -0.15) is 0 Å². The van der Waals surface area contributed by atoms with E-state index >= 15 is 0 Å². The number of halogens is 3. The van der Waals surface area contributed by atoms with Crippen LogP contribution >= 0.6 is 47.2 Å². The molecule has 0 saturated carbocycles. The number of benzene rings is 1. The highest BCUT2D eigenvalue weighted by Crippen LogP contribution is 2.22. The Hall–Kier alpha value is -1.26. The van der Waals surface area contributed by atoms with Crippen LogP contribution in [0.25, 0.3) is 0 Å². The zero-order valence-corrected chi connectivity index (χ0v) is 20.3. The van der Waals surface area contributed by atoms with E-state index in [1.165, 1.54) is 6.07 Å². The van der Waals surface area contributed by atoms with Crippen LogP contribution in [0.15, 0.2) is 23.2 Å². The van der Waals surface area contributed by atoms with Crippen LogP contribution in [0.1, 0.15) is 38.1 Å². The highest BCUT2D eigenvalue weighted by Gasteiger charge is 2.13. The minimum absolute atomic E-state index is 0. The van der Waals surface area contributed by atoms with Crippen molar-refractivity contribution in [3.8, 4) is 0 Å². The minimum Gasteiger partial charge on any atom is -0.357 e. The highest BCUT2D eigenvalue weighted by atomic mass is 127. The number of nitrogens with zero attached hydrogens (tertiary/aromatic N) is 1. The van der Waals surface area contributed by atoms with E-state index in [2.05, 4.69) is 26.3 Å². The second-order valence-corrected chi connectivity index (χ2v) is 7.62. The number of guanidine groups is 1. The average molecular weight is 544 g/mol. The summed E-state index contributed by atoms with van der Waals surface area (Å²) in [6.45, 7) is 9.15. The number of aliphatic imine (C=N–C) groups is 1. The predicted octanol–water partition coefficient (Wildman–Crippen LogP) is 2.81. The number of hydrogen-bond acceptors (Lipinski definition) is 3. The molecule has 0 spiro atoms. The molecule has 158 valence electrons. The monoisotopic (exact) mass is 543 g/mol. The lowest BCUT2D eigenvalue weighted by molar-refractivity contribution is -0.121. The second-order valence-electron chi connectivity index (χ2n) is 6.80. The van der Waals surface area contributed by atoms with E-state index in [0.717, 1.165) is 0 Å². The third kappa shape index (κ3) is 10.9. The maximum atomic E-state index is 12.1. The maximum Gasteiger partial charge on any atom is 0.251 e. The molecule has 0 atom stereocenters. The number of carbonyl (C=O) groups excluding carboxylic acids is 2. The molecule has 0 radical (unpaired) electrons. The van der Waals surface area contributed by atoms with Gasteiger partial charge in [0.25, 0.3) is 5.91 Å². The van der Waals surface area contributed by atoms with Crippen LogP contribution in [0, 0.1) is 0 Å². The zero-order valence-electron chi connectivity index (χ0n) is 16.5. The normalized spacial score (nSPS) is 11.3. The molecule has 0 aliphatic rings. The molecule has 1 rings (SSSR count). The van der Waals surface area contributed by atoms with Crippen molar-refractivity contribution in [2.75, 3.05) is 26.2 Å². The first-order chi connectivity index (χ1) is 12.6. The van der Waals surface area contributed by atoms with Crippen LogP contribution in [0.3, 0.4) is 0 Å². The molecule has 4 N–H and O–H groups in total. The number of nitrogens with one attached hydrogen (secondary N) is 4. The Bertz CT molecular complexity index is 693. The highest BCUT2D eigenvalue weighted by molar-refractivity contribution is 14.0. The van der Waals surface area contributed by atoms with Crippen LogP contribution in [0.2, 0.25) is 10.0 Å². The molecular formula is C18H28Cl2IN5O2. The fourth-order valence-corrected chi connectivity index (χ4v) is 2.34. The Morgan fingerprint density at radius 2 is 1.68 bits per heavy atom. The lowest BCUT2D eigenvalue weighted by Gasteiger charge is -2.20. The van der Waals surface area contributed by atoms with Crippen molar-refractivity contribution in [1.29, 1.82) is 0 Å². The van der Waals surface area contributed by atoms with Crippen LogP contribution in [0.4, 0.5) is 0 Å². The Labute approximate surface area is 193 Å². The third-order valence-corrected chi connectivity index (χ3v) is 3.86. The number of carbonyl (C=O) groups is 2. The summed E-state index contributed by atoms with van der Waals surface area (Å²) in [7, 11) is 0. The van der Waals surface area contributed by atoms with Gasteiger partial charge in [-0.3, -0.25) is 9.59 Å². The molecule has 1 aromatic rings. The predicted molar refractivity (Wildman–Crippen MR) is 126 cm³/mol. The smallest absolute Gasteiger partial charge is 0.251 e. The maximum absolute atomic E-state index is 12.1. The summed E-state index contributed by atoms with van der Waals surface area (Å²) in [5, 5.41) is 12.5. The number of amides is 2. The van der Waals surface area contributed by atoms with E-state index < -0.39 is 0 Å². The molecule has 10 heteroatoms. The minimum atomic E-state index is -0.298. The first-order valence-corrected chi connectivity index (χ1v) is 9.44. The zero-order chi connectivity index (χ0) is 20.4. The van der Waals surface area contributed by atoms with Crippen molar-refractivity contribution in [1.82, 2.24) is 21.3 Å². The van der Waals surface area contributed by atoms with Crippen molar-refractivity contribution >= 4 is 65.0 Å². The van der Waals surface area contributed by atoms with E-state index in [0.29, 0.717) is 41.2 Å². The second kappa shape index (κ2) is 13.1. The first-order valence-electron chi connectivity index (χ1n) is 8.69. The molecule has 1 aromatic carbocycles. The molecule has 0 saturated heterocycles. The molecule has 0 unspecified atom stereocenters. The van der Waals surface area contributed by atoms with Gasteiger partial charge in [-0.25, -0.2) is 4.99 Å². The SMILES string of the molecule is CCNC(=NCC(=O)NC(C)(C)C)NCCNC(=O)c1ccc(Cl)c(Cl)c1.I. The molecule has 0 fully saturated rings. The summed E-state index contributed by atoms with van der Waals surface area (Å²) < 4.78 is 0. The summed E-state index contributed by atoms with van der Waals surface area (Å²) in [5.74, 6) is 0.0971. The topological polar surface area (TPSA) is 94.6 Å². The van der Waals surface area contributed by atoms with Crippen LogP contribution in [0.5, 0.6) is 0 Å². The van der Waals surface area contributed by atoms with Crippen LogP contribution < -0.4 is 21.3 Å². The van der Waals surface area contributed by atoms with E-state index in [4.69, 9.17) is 23.2 Å². The van der Waals surface area contributed by atoms with Crippen molar-refractivity contribution in [3.63, 3.8) is 0 Å². The summed E-state index contributed by atoms with van der Waals surface area (Å²) in [4.78, 5) is 28.2. The fourth-order valence-electron chi connectivity index (χ4n) is 2.05. The summed E-state index contributed by atoms with van der Waals surface area (Å²) in [6, 6.07) is 4.71. The van der Waals surface area contributed by atoms with Gasteiger partial charge in [0, 0.05) is 30.7 Å². The van der Waals surface area contributed by atoms with Crippen molar-refractivity contribution in [2.24, 2.45) is 4.99 Å². The van der Waals surface area contributed by atoms with Gasteiger partial charge < -0.3 is 21.3 Å². The molecule has 0 aliphatic carbocycles. The van der Waals surface area contributed by atoms with Crippen molar-refractivity contribution in [2.45, 2.75) is 33.2 Å². The van der Waals surface area contributed by atoms with Gasteiger partial charge in [-0.1, -0.05) is 23.2 Å². The number of hydrogen-bond donors (Lipinski definition) is 4. The number of rotatable bonds is 7. The van der Waals surface area contributed by atoms with E-state index in [1.54, 1.807) is 12.1 Å². The molecule has 0 bridgehead atoms. The van der Waals surface area contributed by atoms with E-state index in [1.807, 2.05) is 27.7 Å². The standard InChI is InChI=1S/C18H27Cl2N5O2.HI/c1-5-21-17(24-11-15(26)25-18(2,3)4)23-9-8-22-16(27)12-6-7-13(19)14(20)10-12;/h6-7,10H,5,8-9,11H2,1-4H3,(H,22,27)(H,25,26)(H2,21,23,24);1H. The average Bonchev–Trinajstić information content (AvgIpc) is 2.57. The van der Waals surface area contributed by atoms with E-state index in [9.17, 15) is 9.59 Å². The van der Waals surface area contributed by atoms with Crippen LogP contribution in [-0.2, 0) is 4.79 Å². The largest absolute Gasteiger partial charge is 0.357 e. The Kier molecular flexibility index (Phi) is 12.5. The van der Waals surface area contributed by atoms with E-state index in [-0.39, 0.29) is 47.9 Å². The lowest BCUT2D eigenvalue weighted by Crippen LogP contribution is -2.44. The summed E-state index contributed by atoms with van der Waals surface area (Å²) in [6.07, 6.45) is 0. The van der Waals surface area contributed by atoms with Gasteiger partial charge in [0.05, 0.1) is 10.0 Å². The molecular weight excluding hydrogens is 516 g/mol. The van der Waals surface area contributed by atoms with Gasteiger partial charge >= 0.3 is 0 Å². The fraction of sp³-hybridized carbons (Fsp3) is 0.500. The Morgan fingerprint density at radius 1 is 1.04 bits per heavy atom. The summed E-state index contributed by atoms with van der Waals surface area (Å²) >= 11 is 11.8. The molecule has 7 nitrogen and oxygen atoms in total. The van der Waals surface area contributed by atoms with Crippen molar-refractivity contribution in [3.05, 3.63) is 33.8 Å². The molecule has 0 aromatic heterocycles. The van der Waals surface area contributed by atoms with Crippen LogP contribution in [-0.4, -0.2) is 49.5 Å². The Balaban J connectivity index is 0.00000729. The van der Waals surface area contributed by atoms with Crippen molar-refractivity contribution < 1.29 is 9.59 Å². The first kappa shape index (κ1) is 26.7. The Morgan fingerprint density at radius 3 is 2.25 bits per heavy atom. The van der Waals surface area contributed by atoms with Gasteiger partial charge in [-0.05, 0) is 45.9 Å². The van der Waals surface area contributed by atoms with Gasteiger partial charge in [0.15, 0.2) is 5.96 Å². The molecule has 28 heavy (non-hydrogen) atoms. The van der Waals surface area contributed by atoms with Gasteiger partial charge in [0.1, 0.15) is 6.54 Å².